The Kier molecular flexibility index (Phi) is 3.21. The number of piperidine rings is 1. The van der Waals surface area contributed by atoms with Crippen molar-refractivity contribution in [2.45, 2.75) is 6.42 Å². The number of thiazole rings is 1. The summed E-state index contributed by atoms with van der Waals surface area (Å²) in [6.45, 7) is 0.790. The van der Waals surface area contributed by atoms with Gasteiger partial charge in [0.2, 0.25) is 5.91 Å². The predicted molar refractivity (Wildman–Crippen MR) is 100 cm³/mol. The zero-order valence-electron chi connectivity index (χ0n) is 14.5. The normalized spacial score (nSPS) is 23.2. The van der Waals surface area contributed by atoms with Gasteiger partial charge < -0.3 is 10.6 Å². The molecule has 0 spiro atoms. The summed E-state index contributed by atoms with van der Waals surface area (Å²) in [5.41, 5.74) is 8.93. The molecule has 2 amide bonds. The second kappa shape index (κ2) is 5.41. The van der Waals surface area contributed by atoms with Crippen LogP contribution in [0.1, 0.15) is 22.5 Å². The maximum atomic E-state index is 12.3. The number of likely N-dealkylation sites (tertiary alicyclic amines) is 1. The molecule has 7 nitrogen and oxygen atoms in total. The van der Waals surface area contributed by atoms with E-state index in [4.69, 9.17) is 5.73 Å². The van der Waals surface area contributed by atoms with Gasteiger partial charge in [-0.15, -0.1) is 11.3 Å². The Balaban J connectivity index is 1.53. The molecule has 134 valence electrons. The van der Waals surface area contributed by atoms with Crippen LogP contribution in [0.25, 0.3) is 16.0 Å². The third kappa shape index (κ3) is 2.28. The monoisotopic (exact) mass is 377 g/mol. The maximum Gasteiger partial charge on any atom is 0.270 e. The van der Waals surface area contributed by atoms with Crippen molar-refractivity contribution in [2.75, 3.05) is 13.6 Å². The van der Waals surface area contributed by atoms with Gasteiger partial charge in [0, 0.05) is 25.1 Å². The second-order valence-electron chi connectivity index (χ2n) is 6.99. The van der Waals surface area contributed by atoms with Crippen LogP contribution in [0.2, 0.25) is 0 Å². The van der Waals surface area contributed by atoms with Gasteiger partial charge in [-0.05, 0) is 24.6 Å². The van der Waals surface area contributed by atoms with E-state index in [0.717, 1.165) is 24.2 Å². The summed E-state index contributed by atoms with van der Waals surface area (Å²) in [6, 6.07) is 7.51. The highest BCUT2D eigenvalue weighted by molar-refractivity contribution is 7.17. The van der Waals surface area contributed by atoms with Crippen molar-refractivity contribution in [3.05, 3.63) is 41.0 Å². The number of hydrogen-bond acceptors (Lipinski definition) is 5. The van der Waals surface area contributed by atoms with Crippen molar-refractivity contribution in [2.24, 2.45) is 17.1 Å². The summed E-state index contributed by atoms with van der Waals surface area (Å²) < 4.78 is 2.27. The molecular weight excluding hydrogens is 362 g/mol. The molecule has 2 aromatic heterocycles. The molecule has 27 heavy (non-hydrogen) atoms. The number of rotatable bonds is 2. The third-order valence-electron chi connectivity index (χ3n) is 5.25. The molecule has 8 heteroatoms. The molecule has 1 saturated carbocycles. The SMILES string of the molecule is CN1CC2CC2(C#Cc2cccc(-n3nc(C(N)=O)c4scnc43)c2)C1=O. The molecule has 2 N–H and O–H groups in total. The smallest absolute Gasteiger partial charge is 0.270 e. The number of benzene rings is 1. The van der Waals surface area contributed by atoms with Gasteiger partial charge in [-0.1, -0.05) is 17.9 Å². The van der Waals surface area contributed by atoms with Crippen LogP contribution < -0.4 is 5.73 Å². The van der Waals surface area contributed by atoms with Gasteiger partial charge >= 0.3 is 0 Å². The van der Waals surface area contributed by atoms with Crippen LogP contribution in [-0.2, 0) is 4.79 Å². The fourth-order valence-corrected chi connectivity index (χ4v) is 4.51. The Hall–Kier alpha value is -3.18. The van der Waals surface area contributed by atoms with Gasteiger partial charge in [0.1, 0.15) is 10.1 Å². The number of carbonyl (C=O) groups excluding carboxylic acids is 2. The van der Waals surface area contributed by atoms with Crippen LogP contribution in [0.5, 0.6) is 0 Å². The lowest BCUT2D eigenvalue weighted by Gasteiger charge is -2.11. The van der Waals surface area contributed by atoms with Crippen molar-refractivity contribution in [1.29, 1.82) is 0 Å². The molecule has 0 bridgehead atoms. The van der Waals surface area contributed by atoms with E-state index in [1.54, 1.807) is 15.1 Å². The molecule has 0 radical (unpaired) electrons. The minimum Gasteiger partial charge on any atom is -0.364 e. The van der Waals surface area contributed by atoms with E-state index in [1.807, 2.05) is 31.3 Å². The summed E-state index contributed by atoms with van der Waals surface area (Å²) in [6.07, 6.45) is 0.851. The lowest BCUT2D eigenvalue weighted by atomic mass is 10.1. The molecule has 1 aliphatic heterocycles. The average molecular weight is 377 g/mol. The molecule has 2 aliphatic rings. The van der Waals surface area contributed by atoms with Gasteiger partial charge in [0.15, 0.2) is 11.3 Å². The largest absolute Gasteiger partial charge is 0.364 e. The maximum absolute atomic E-state index is 12.3. The highest BCUT2D eigenvalue weighted by Gasteiger charge is 2.65. The molecule has 2 atom stereocenters. The zero-order valence-corrected chi connectivity index (χ0v) is 15.3. The van der Waals surface area contributed by atoms with E-state index in [9.17, 15) is 9.59 Å². The fourth-order valence-electron chi connectivity index (χ4n) is 3.76. The lowest BCUT2D eigenvalue weighted by Crippen LogP contribution is -2.27. The van der Waals surface area contributed by atoms with Gasteiger partial charge in [0.25, 0.3) is 5.91 Å². The fraction of sp³-hybridized carbons (Fsp3) is 0.263. The summed E-state index contributed by atoms with van der Waals surface area (Å²) in [5, 5.41) is 4.32. The highest BCUT2D eigenvalue weighted by Crippen LogP contribution is 2.57. The van der Waals surface area contributed by atoms with Crippen molar-refractivity contribution < 1.29 is 9.59 Å². The average Bonchev–Trinajstić information content (AvgIpc) is 2.95. The van der Waals surface area contributed by atoms with E-state index < -0.39 is 11.3 Å². The van der Waals surface area contributed by atoms with Crippen molar-refractivity contribution in [3.63, 3.8) is 0 Å². The molecule has 1 aromatic carbocycles. The van der Waals surface area contributed by atoms with E-state index in [2.05, 4.69) is 21.9 Å². The Morgan fingerprint density at radius 2 is 2.30 bits per heavy atom. The third-order valence-corrected chi connectivity index (χ3v) is 6.07. The number of fused-ring (bicyclic) bond motifs is 2. The number of carbonyl (C=O) groups is 2. The van der Waals surface area contributed by atoms with E-state index in [0.29, 0.717) is 16.3 Å². The van der Waals surface area contributed by atoms with E-state index in [1.165, 1.54) is 11.3 Å². The Morgan fingerprint density at radius 3 is 3.04 bits per heavy atom. The predicted octanol–water partition coefficient (Wildman–Crippen LogP) is 1.41. The standard InChI is InChI=1S/C19H15N5O2S/c1-23-9-12-8-19(12,18(23)26)6-5-11-3-2-4-13(7-11)24-17-15(27-10-21-17)14(22-24)16(20)25/h2-4,7,10,12H,8-9H2,1H3,(H2,20,25). The first-order valence-corrected chi connectivity index (χ1v) is 9.39. The molecule has 1 saturated heterocycles. The molecule has 3 aromatic rings. The van der Waals surface area contributed by atoms with Crippen LogP contribution in [-0.4, -0.2) is 45.1 Å². The molecule has 2 fully saturated rings. The Bertz CT molecular complexity index is 1180. The van der Waals surface area contributed by atoms with Crippen molar-refractivity contribution in [1.82, 2.24) is 19.7 Å². The number of aromatic nitrogens is 3. The number of amides is 2. The summed E-state index contributed by atoms with van der Waals surface area (Å²) in [7, 11) is 1.83. The van der Waals surface area contributed by atoms with Crippen LogP contribution in [0.3, 0.4) is 0 Å². The van der Waals surface area contributed by atoms with Crippen molar-refractivity contribution in [3.8, 4) is 17.5 Å². The van der Waals surface area contributed by atoms with E-state index in [-0.39, 0.29) is 11.6 Å². The molecule has 2 unspecified atom stereocenters. The lowest BCUT2D eigenvalue weighted by molar-refractivity contribution is -0.130. The summed E-state index contributed by atoms with van der Waals surface area (Å²) >= 11 is 1.33. The Labute approximate surface area is 158 Å². The van der Waals surface area contributed by atoms with Gasteiger partial charge in [0.05, 0.1) is 11.2 Å². The number of nitrogens with two attached hydrogens (primary N) is 1. The number of primary amides is 1. The molecule has 1 aliphatic carbocycles. The molecule has 5 rings (SSSR count). The minimum atomic E-state index is -0.582. The first kappa shape index (κ1) is 16.0. The van der Waals surface area contributed by atoms with Gasteiger partial charge in [-0.25, -0.2) is 9.67 Å². The molecule has 3 heterocycles. The second-order valence-corrected chi connectivity index (χ2v) is 7.84. The summed E-state index contributed by atoms with van der Waals surface area (Å²) in [4.78, 5) is 30.0. The zero-order chi connectivity index (χ0) is 18.8. The van der Waals surface area contributed by atoms with Crippen LogP contribution in [0.4, 0.5) is 0 Å². The van der Waals surface area contributed by atoms with Crippen molar-refractivity contribution >= 4 is 33.5 Å². The van der Waals surface area contributed by atoms with Crippen LogP contribution in [0.15, 0.2) is 29.8 Å². The quantitative estimate of drug-likeness (QED) is 0.683. The van der Waals surface area contributed by atoms with Crippen LogP contribution in [0, 0.1) is 23.2 Å². The van der Waals surface area contributed by atoms with E-state index >= 15 is 0 Å². The summed E-state index contributed by atoms with van der Waals surface area (Å²) in [5.74, 6) is 6.25. The number of nitrogens with zero attached hydrogens (tertiary/aromatic N) is 4. The first-order chi connectivity index (χ1) is 13.0. The van der Waals surface area contributed by atoms with Crippen LogP contribution >= 0.6 is 11.3 Å². The molecular formula is C19H15N5O2S. The number of hydrogen-bond donors (Lipinski definition) is 1. The minimum absolute atomic E-state index is 0.124. The first-order valence-electron chi connectivity index (χ1n) is 8.51. The van der Waals surface area contributed by atoms with Gasteiger partial charge in [-0.2, -0.15) is 5.10 Å². The Morgan fingerprint density at radius 1 is 1.44 bits per heavy atom. The van der Waals surface area contributed by atoms with Gasteiger partial charge in [-0.3, -0.25) is 9.59 Å². The highest BCUT2D eigenvalue weighted by atomic mass is 32.1. The topological polar surface area (TPSA) is 94.1 Å².